The Kier molecular flexibility index (Phi) is 9.56. The Balaban J connectivity index is 1.42. The molecule has 0 aliphatic carbocycles. The van der Waals surface area contributed by atoms with Crippen molar-refractivity contribution in [1.29, 1.82) is 0 Å². The van der Waals surface area contributed by atoms with E-state index >= 15 is 0 Å². The number of unbranched alkanes of at least 4 members (excludes halogenated alkanes) is 1. The number of carbonyl (C=O) groups excluding carboxylic acids is 1. The van der Waals surface area contributed by atoms with Crippen LogP contribution in [0.15, 0.2) is 52.3 Å². The summed E-state index contributed by atoms with van der Waals surface area (Å²) in [5.74, 6) is 1.60. The summed E-state index contributed by atoms with van der Waals surface area (Å²) in [5, 5.41) is 5.43. The van der Waals surface area contributed by atoms with Crippen LogP contribution in [-0.2, 0) is 11.2 Å². The van der Waals surface area contributed by atoms with Crippen molar-refractivity contribution in [3.05, 3.63) is 57.9 Å². The number of aromatic nitrogens is 1. The van der Waals surface area contributed by atoms with Crippen LogP contribution in [0.1, 0.15) is 45.1 Å². The summed E-state index contributed by atoms with van der Waals surface area (Å²) < 4.78 is 12.4. The molecule has 3 rings (SSSR count). The molecule has 1 amide bonds. The molecule has 0 aliphatic rings. The second kappa shape index (κ2) is 12.6. The van der Waals surface area contributed by atoms with Gasteiger partial charge in [0.25, 0.3) is 0 Å². The Hall–Kier alpha value is -2.38. The van der Waals surface area contributed by atoms with E-state index in [1.165, 1.54) is 16.9 Å². The maximum Gasteiger partial charge on any atom is 0.226 e. The highest BCUT2D eigenvalue weighted by atomic mass is 79.9. The minimum Gasteiger partial charge on any atom is -0.494 e. The molecule has 0 spiro atoms. The van der Waals surface area contributed by atoms with Gasteiger partial charge in [-0.2, -0.15) is 0 Å². The Morgan fingerprint density at radius 3 is 2.56 bits per heavy atom. The van der Waals surface area contributed by atoms with Crippen molar-refractivity contribution >= 4 is 38.3 Å². The van der Waals surface area contributed by atoms with E-state index in [4.69, 9.17) is 9.47 Å². The minimum absolute atomic E-state index is 0.0606. The van der Waals surface area contributed by atoms with Crippen LogP contribution in [0.3, 0.4) is 0 Å². The van der Waals surface area contributed by atoms with Crippen LogP contribution in [0.4, 0.5) is 5.13 Å². The molecule has 1 aromatic heterocycles. The van der Waals surface area contributed by atoms with E-state index in [0.717, 1.165) is 53.1 Å². The van der Waals surface area contributed by atoms with Gasteiger partial charge >= 0.3 is 0 Å². The van der Waals surface area contributed by atoms with Crippen molar-refractivity contribution in [1.82, 2.24) is 4.98 Å². The van der Waals surface area contributed by atoms with Crippen LogP contribution < -0.4 is 14.8 Å². The molecule has 3 aromatic rings. The average molecular weight is 517 g/mol. The van der Waals surface area contributed by atoms with Gasteiger partial charge in [-0.15, -0.1) is 11.3 Å². The molecule has 0 aliphatic heterocycles. The minimum atomic E-state index is -0.0606. The van der Waals surface area contributed by atoms with Crippen LogP contribution in [0, 0.1) is 0 Å². The van der Waals surface area contributed by atoms with Gasteiger partial charge in [0.2, 0.25) is 5.91 Å². The monoisotopic (exact) mass is 516 g/mol. The topological polar surface area (TPSA) is 60.5 Å². The number of carbonyl (C=O) groups is 1. The molecule has 2 aromatic carbocycles. The maximum atomic E-state index is 12.3. The summed E-state index contributed by atoms with van der Waals surface area (Å²) in [7, 11) is 0. The van der Waals surface area contributed by atoms with E-state index in [1.807, 2.05) is 35.7 Å². The van der Waals surface area contributed by atoms with Crippen LogP contribution in [0.2, 0.25) is 0 Å². The zero-order valence-electron chi connectivity index (χ0n) is 18.5. The number of benzene rings is 2. The molecule has 0 radical (unpaired) electrons. The number of halogens is 1. The molecule has 0 atom stereocenters. The van der Waals surface area contributed by atoms with Gasteiger partial charge in [-0.25, -0.2) is 4.98 Å². The standard InChI is InChI=1S/C25H29BrN2O3S/c1-3-5-14-30-20-11-9-19(10-12-20)22-17-32-25(27-22)28-24(29)7-6-15-31-23-13-8-18(4-2)16-21(23)26/h8-13,16-17H,3-7,14-15H2,1-2H3,(H,27,28,29). The fraction of sp³-hybridized carbons (Fsp3) is 0.360. The number of hydrogen-bond donors (Lipinski definition) is 1. The number of nitrogens with one attached hydrogen (secondary N) is 1. The Morgan fingerprint density at radius 2 is 1.84 bits per heavy atom. The molecule has 0 saturated carbocycles. The molecular formula is C25H29BrN2O3S. The third-order valence-corrected chi connectivity index (χ3v) is 6.25. The first kappa shape index (κ1) is 24.3. The van der Waals surface area contributed by atoms with Crippen LogP contribution in [0.5, 0.6) is 11.5 Å². The Morgan fingerprint density at radius 1 is 1.06 bits per heavy atom. The summed E-state index contributed by atoms with van der Waals surface area (Å²) in [6.45, 7) is 5.47. The SMILES string of the molecule is CCCCOc1ccc(-c2csc(NC(=O)CCCOc3ccc(CC)cc3Br)n2)cc1. The lowest BCUT2D eigenvalue weighted by molar-refractivity contribution is -0.116. The van der Waals surface area contributed by atoms with E-state index < -0.39 is 0 Å². The first-order valence-corrected chi connectivity index (χ1v) is 12.7. The van der Waals surface area contributed by atoms with E-state index in [0.29, 0.717) is 24.6 Å². The molecule has 170 valence electrons. The first-order valence-electron chi connectivity index (χ1n) is 11.0. The van der Waals surface area contributed by atoms with Crippen molar-refractivity contribution < 1.29 is 14.3 Å². The highest BCUT2D eigenvalue weighted by Gasteiger charge is 2.09. The highest BCUT2D eigenvalue weighted by molar-refractivity contribution is 9.10. The van der Waals surface area contributed by atoms with Gasteiger partial charge in [0, 0.05) is 17.4 Å². The molecule has 0 fully saturated rings. The molecule has 0 saturated heterocycles. The lowest BCUT2D eigenvalue weighted by atomic mass is 10.2. The highest BCUT2D eigenvalue weighted by Crippen LogP contribution is 2.28. The molecule has 5 nitrogen and oxygen atoms in total. The number of anilines is 1. The normalized spacial score (nSPS) is 10.7. The van der Waals surface area contributed by atoms with Gasteiger partial charge < -0.3 is 14.8 Å². The molecule has 32 heavy (non-hydrogen) atoms. The summed E-state index contributed by atoms with van der Waals surface area (Å²) in [5.41, 5.74) is 3.09. The van der Waals surface area contributed by atoms with E-state index in [1.54, 1.807) is 0 Å². The van der Waals surface area contributed by atoms with Gasteiger partial charge in [-0.05, 0) is 77.2 Å². The van der Waals surface area contributed by atoms with E-state index in [-0.39, 0.29) is 5.91 Å². The summed E-state index contributed by atoms with van der Waals surface area (Å²) >= 11 is 4.96. The zero-order chi connectivity index (χ0) is 22.8. The lowest BCUT2D eigenvalue weighted by Crippen LogP contribution is -2.12. The van der Waals surface area contributed by atoms with Crippen LogP contribution in [0.25, 0.3) is 11.3 Å². The second-order valence-corrected chi connectivity index (χ2v) is 9.10. The van der Waals surface area contributed by atoms with Gasteiger partial charge in [0.05, 0.1) is 23.4 Å². The Bertz CT molecular complexity index is 1000. The fourth-order valence-electron chi connectivity index (χ4n) is 3.00. The number of aryl methyl sites for hydroxylation is 1. The summed E-state index contributed by atoms with van der Waals surface area (Å²) in [4.78, 5) is 16.8. The van der Waals surface area contributed by atoms with Crippen molar-refractivity contribution in [2.24, 2.45) is 0 Å². The fourth-order valence-corrected chi connectivity index (χ4v) is 4.27. The zero-order valence-corrected chi connectivity index (χ0v) is 20.9. The molecule has 0 unspecified atom stereocenters. The molecule has 7 heteroatoms. The number of nitrogens with zero attached hydrogens (tertiary/aromatic N) is 1. The van der Waals surface area contributed by atoms with Crippen molar-refractivity contribution in [2.45, 2.75) is 46.0 Å². The number of ether oxygens (including phenoxy) is 2. The van der Waals surface area contributed by atoms with Crippen LogP contribution in [-0.4, -0.2) is 24.1 Å². The summed E-state index contributed by atoms with van der Waals surface area (Å²) in [6, 6.07) is 14.0. The number of hydrogen-bond acceptors (Lipinski definition) is 5. The third-order valence-electron chi connectivity index (χ3n) is 4.88. The third kappa shape index (κ3) is 7.35. The van der Waals surface area contributed by atoms with Crippen LogP contribution >= 0.6 is 27.3 Å². The maximum absolute atomic E-state index is 12.3. The number of thiazole rings is 1. The van der Waals surface area contributed by atoms with Gasteiger partial charge in [-0.1, -0.05) is 26.3 Å². The quantitative estimate of drug-likeness (QED) is 0.260. The summed E-state index contributed by atoms with van der Waals surface area (Å²) in [6.07, 6.45) is 4.15. The van der Waals surface area contributed by atoms with E-state index in [2.05, 4.69) is 52.2 Å². The second-order valence-electron chi connectivity index (χ2n) is 7.38. The smallest absolute Gasteiger partial charge is 0.226 e. The molecule has 0 bridgehead atoms. The molecule has 1 N–H and O–H groups in total. The van der Waals surface area contributed by atoms with Crippen molar-refractivity contribution in [3.63, 3.8) is 0 Å². The average Bonchev–Trinajstić information content (AvgIpc) is 3.26. The Labute approximate surface area is 202 Å². The predicted molar refractivity (Wildman–Crippen MR) is 135 cm³/mol. The largest absolute Gasteiger partial charge is 0.494 e. The van der Waals surface area contributed by atoms with Gasteiger partial charge in [0.15, 0.2) is 5.13 Å². The lowest BCUT2D eigenvalue weighted by Gasteiger charge is -2.09. The van der Waals surface area contributed by atoms with Crippen molar-refractivity contribution in [3.8, 4) is 22.8 Å². The van der Waals surface area contributed by atoms with Crippen molar-refractivity contribution in [2.75, 3.05) is 18.5 Å². The van der Waals surface area contributed by atoms with E-state index in [9.17, 15) is 4.79 Å². The number of amides is 1. The molecular weight excluding hydrogens is 488 g/mol. The number of rotatable bonds is 12. The van der Waals surface area contributed by atoms with Gasteiger partial charge in [0.1, 0.15) is 11.5 Å². The van der Waals surface area contributed by atoms with Gasteiger partial charge in [-0.3, -0.25) is 4.79 Å². The first-order chi connectivity index (χ1) is 15.6. The molecule has 1 heterocycles. The predicted octanol–water partition coefficient (Wildman–Crippen LogP) is 7.11.